The van der Waals surface area contributed by atoms with E-state index in [1.165, 1.54) is 6.92 Å². The van der Waals surface area contributed by atoms with Crippen molar-refractivity contribution < 1.29 is 9.59 Å². The van der Waals surface area contributed by atoms with E-state index >= 15 is 0 Å². The summed E-state index contributed by atoms with van der Waals surface area (Å²) in [4.78, 5) is 45.3. The lowest BCUT2D eigenvalue weighted by Crippen LogP contribution is -2.50. The van der Waals surface area contributed by atoms with Crippen molar-refractivity contribution in [3.8, 4) is 0 Å². The van der Waals surface area contributed by atoms with Gasteiger partial charge in [-0.25, -0.2) is 4.98 Å². The first kappa shape index (κ1) is 17.7. The third-order valence-electron chi connectivity index (χ3n) is 5.80. The molecule has 0 spiro atoms. The number of piperidine rings is 1. The van der Waals surface area contributed by atoms with Crippen LogP contribution in [0, 0.1) is 0 Å². The van der Waals surface area contributed by atoms with Crippen LogP contribution in [0.2, 0.25) is 0 Å². The van der Waals surface area contributed by atoms with Gasteiger partial charge in [0, 0.05) is 32.6 Å². The average molecular weight is 368 g/mol. The molecular weight excluding hydrogens is 344 g/mol. The lowest BCUT2D eigenvalue weighted by atomic mass is 10.0. The lowest BCUT2D eigenvalue weighted by Gasteiger charge is -2.35. The van der Waals surface area contributed by atoms with Gasteiger partial charge < -0.3 is 9.80 Å². The second kappa shape index (κ2) is 7.13. The molecule has 1 aromatic heterocycles. The fraction of sp³-hybridized carbons (Fsp3) is 0.500. The topological polar surface area (TPSA) is 75.5 Å². The molecule has 3 heterocycles. The second-order valence-electron chi connectivity index (χ2n) is 7.40. The average Bonchev–Trinajstić information content (AvgIpc) is 3.18. The van der Waals surface area contributed by atoms with Crippen LogP contribution in [-0.4, -0.2) is 56.8 Å². The molecule has 2 saturated heterocycles. The van der Waals surface area contributed by atoms with Crippen molar-refractivity contribution in [1.82, 2.24) is 19.4 Å². The normalized spacial score (nSPS) is 21.0. The molecule has 0 saturated carbocycles. The Labute approximate surface area is 157 Å². The van der Waals surface area contributed by atoms with Crippen LogP contribution in [0.1, 0.15) is 38.6 Å². The van der Waals surface area contributed by atoms with Gasteiger partial charge in [0.2, 0.25) is 11.8 Å². The molecule has 4 rings (SSSR count). The Morgan fingerprint density at radius 3 is 2.56 bits per heavy atom. The monoisotopic (exact) mass is 368 g/mol. The smallest absolute Gasteiger partial charge is 0.261 e. The number of rotatable bonds is 2. The molecule has 7 nitrogen and oxygen atoms in total. The number of hydrogen-bond acceptors (Lipinski definition) is 4. The van der Waals surface area contributed by atoms with E-state index < -0.39 is 0 Å². The van der Waals surface area contributed by atoms with Crippen LogP contribution < -0.4 is 5.56 Å². The number of carbonyl (C=O) groups excluding carboxylic acids is 2. The van der Waals surface area contributed by atoms with E-state index in [4.69, 9.17) is 0 Å². The molecule has 27 heavy (non-hydrogen) atoms. The van der Waals surface area contributed by atoms with Gasteiger partial charge in [-0.3, -0.25) is 19.0 Å². The molecule has 1 aromatic carbocycles. The molecule has 142 valence electrons. The highest BCUT2D eigenvalue weighted by molar-refractivity contribution is 5.87. The zero-order valence-corrected chi connectivity index (χ0v) is 15.5. The first-order valence-electron chi connectivity index (χ1n) is 9.58. The molecule has 2 aliphatic rings. The number of benzene rings is 1. The maximum Gasteiger partial charge on any atom is 0.261 e. The molecule has 2 fully saturated rings. The highest BCUT2D eigenvalue weighted by Crippen LogP contribution is 2.25. The van der Waals surface area contributed by atoms with Gasteiger partial charge >= 0.3 is 0 Å². The van der Waals surface area contributed by atoms with Crippen molar-refractivity contribution in [3.63, 3.8) is 0 Å². The molecule has 0 unspecified atom stereocenters. The van der Waals surface area contributed by atoms with Gasteiger partial charge in [-0.15, -0.1) is 0 Å². The van der Waals surface area contributed by atoms with Gasteiger partial charge in [0.15, 0.2) is 0 Å². The van der Waals surface area contributed by atoms with Crippen molar-refractivity contribution >= 4 is 22.7 Å². The van der Waals surface area contributed by atoms with Gasteiger partial charge in [-0.1, -0.05) is 12.1 Å². The standard InChI is InChI=1S/C20H24N4O3/c1-14(25)23-10-4-7-18(23)20(27)22-11-8-15(9-12-22)24-13-21-17-6-3-2-5-16(17)19(24)26/h2-3,5-6,13,15,18H,4,7-12H2,1H3/t18-/m0/s1. The Morgan fingerprint density at radius 2 is 1.81 bits per heavy atom. The molecule has 0 bridgehead atoms. The summed E-state index contributed by atoms with van der Waals surface area (Å²) in [5, 5.41) is 0.626. The van der Waals surface area contributed by atoms with Crippen LogP contribution >= 0.6 is 0 Å². The molecule has 2 aromatic rings. The summed E-state index contributed by atoms with van der Waals surface area (Å²) in [5.74, 6) is 0.0136. The lowest BCUT2D eigenvalue weighted by molar-refractivity contribution is -0.143. The van der Waals surface area contributed by atoms with E-state index in [-0.39, 0.29) is 29.5 Å². The van der Waals surface area contributed by atoms with Crippen LogP contribution in [0.15, 0.2) is 35.4 Å². The van der Waals surface area contributed by atoms with E-state index in [2.05, 4.69) is 4.98 Å². The summed E-state index contributed by atoms with van der Waals surface area (Å²) in [6.45, 7) is 3.40. The molecular formula is C20H24N4O3. The molecule has 2 amide bonds. The third kappa shape index (κ3) is 3.22. The number of hydrogen-bond donors (Lipinski definition) is 0. The number of para-hydroxylation sites is 1. The minimum absolute atomic E-state index is 0.0241. The van der Waals surface area contributed by atoms with Gasteiger partial charge in [0.05, 0.1) is 17.2 Å². The van der Waals surface area contributed by atoms with Crippen molar-refractivity contribution in [1.29, 1.82) is 0 Å². The van der Waals surface area contributed by atoms with Crippen LogP contribution in [0.3, 0.4) is 0 Å². The Balaban J connectivity index is 1.46. The largest absolute Gasteiger partial charge is 0.341 e. The van der Waals surface area contributed by atoms with Crippen molar-refractivity contribution in [2.75, 3.05) is 19.6 Å². The molecule has 0 N–H and O–H groups in total. The van der Waals surface area contributed by atoms with E-state index in [1.54, 1.807) is 21.9 Å². The zero-order chi connectivity index (χ0) is 19.0. The zero-order valence-electron chi connectivity index (χ0n) is 15.5. The highest BCUT2D eigenvalue weighted by Gasteiger charge is 2.36. The van der Waals surface area contributed by atoms with Gasteiger partial charge in [0.25, 0.3) is 5.56 Å². The summed E-state index contributed by atoms with van der Waals surface area (Å²) in [6, 6.07) is 7.09. The predicted octanol–water partition coefficient (Wildman–Crippen LogP) is 1.57. The Morgan fingerprint density at radius 1 is 1.07 bits per heavy atom. The number of nitrogens with zero attached hydrogens (tertiary/aromatic N) is 4. The summed E-state index contributed by atoms with van der Waals surface area (Å²) < 4.78 is 1.71. The number of carbonyl (C=O) groups is 2. The van der Waals surface area contributed by atoms with E-state index in [9.17, 15) is 14.4 Å². The SMILES string of the molecule is CC(=O)N1CCC[C@H]1C(=O)N1CCC(n2cnc3ccccc3c2=O)CC1. The minimum atomic E-state index is -0.316. The number of amides is 2. The summed E-state index contributed by atoms with van der Waals surface area (Å²) in [6.07, 6.45) is 4.69. The first-order chi connectivity index (χ1) is 13.1. The predicted molar refractivity (Wildman–Crippen MR) is 101 cm³/mol. The fourth-order valence-electron chi connectivity index (χ4n) is 4.32. The third-order valence-corrected chi connectivity index (χ3v) is 5.80. The Bertz CT molecular complexity index is 930. The second-order valence-corrected chi connectivity index (χ2v) is 7.40. The van der Waals surface area contributed by atoms with E-state index in [0.717, 1.165) is 25.7 Å². The summed E-state index contributed by atoms with van der Waals surface area (Å²) in [7, 11) is 0. The maximum absolute atomic E-state index is 12.9. The maximum atomic E-state index is 12.9. The van der Waals surface area contributed by atoms with Crippen molar-refractivity contribution in [2.45, 2.75) is 44.7 Å². The highest BCUT2D eigenvalue weighted by atomic mass is 16.2. The van der Waals surface area contributed by atoms with Gasteiger partial charge in [0.1, 0.15) is 6.04 Å². The fourth-order valence-corrected chi connectivity index (χ4v) is 4.32. The summed E-state index contributed by atoms with van der Waals surface area (Å²) in [5.41, 5.74) is 0.681. The van der Waals surface area contributed by atoms with Crippen LogP contribution in [-0.2, 0) is 9.59 Å². The van der Waals surface area contributed by atoms with Crippen molar-refractivity contribution in [2.24, 2.45) is 0 Å². The van der Waals surface area contributed by atoms with Gasteiger partial charge in [-0.2, -0.15) is 0 Å². The van der Waals surface area contributed by atoms with Crippen LogP contribution in [0.25, 0.3) is 10.9 Å². The van der Waals surface area contributed by atoms with Crippen LogP contribution in [0.4, 0.5) is 0 Å². The van der Waals surface area contributed by atoms with Gasteiger partial charge in [-0.05, 0) is 37.8 Å². The Hall–Kier alpha value is -2.70. The summed E-state index contributed by atoms with van der Waals surface area (Å²) >= 11 is 0. The van der Waals surface area contributed by atoms with E-state index in [0.29, 0.717) is 30.5 Å². The van der Waals surface area contributed by atoms with E-state index in [1.807, 2.05) is 23.1 Å². The first-order valence-corrected chi connectivity index (χ1v) is 9.58. The molecule has 7 heteroatoms. The molecule has 1 atom stereocenters. The molecule has 0 radical (unpaired) electrons. The van der Waals surface area contributed by atoms with Crippen molar-refractivity contribution in [3.05, 3.63) is 40.9 Å². The molecule has 2 aliphatic heterocycles. The number of fused-ring (bicyclic) bond motifs is 1. The van der Waals surface area contributed by atoms with Crippen LogP contribution in [0.5, 0.6) is 0 Å². The minimum Gasteiger partial charge on any atom is -0.341 e. The molecule has 0 aliphatic carbocycles. The number of aromatic nitrogens is 2. The number of likely N-dealkylation sites (tertiary alicyclic amines) is 2. The quantitative estimate of drug-likeness (QED) is 0.806. The Kier molecular flexibility index (Phi) is 4.68.